The Bertz CT molecular complexity index is 261. The number of carboxylic acids is 2. The molecule has 3 N–H and O–H groups in total. The third kappa shape index (κ3) is 2.21. The molecule has 1 aliphatic heterocycles. The second kappa shape index (κ2) is 4.08. The summed E-state index contributed by atoms with van der Waals surface area (Å²) in [5.41, 5.74) is 0. The van der Waals surface area contributed by atoms with Crippen molar-refractivity contribution in [3.05, 3.63) is 0 Å². The molecule has 0 spiro atoms. The minimum Gasteiger partial charge on any atom is -0.481 e. The highest BCUT2D eigenvalue weighted by Gasteiger charge is 2.37. The number of rotatable bonds is 3. The Balaban J connectivity index is 2.72. The molecule has 0 radical (unpaired) electrons. The molecule has 0 saturated carbocycles. The van der Waals surface area contributed by atoms with Crippen molar-refractivity contribution in [1.29, 1.82) is 0 Å². The van der Waals surface area contributed by atoms with Gasteiger partial charge in [-0.15, -0.1) is 0 Å². The third-order valence-corrected chi connectivity index (χ3v) is 2.20. The topological polar surface area (TPSA) is 104 Å². The highest BCUT2D eigenvalue weighted by Crippen LogP contribution is 2.16. The fourth-order valence-electron chi connectivity index (χ4n) is 1.53. The lowest BCUT2D eigenvalue weighted by molar-refractivity contribution is -0.156. The predicted octanol–water partition coefficient (Wildman–Crippen LogP) is -0.559. The maximum Gasteiger partial charge on any atom is 0.320 e. The molecule has 6 heteroatoms. The van der Waals surface area contributed by atoms with Crippen LogP contribution in [0.1, 0.15) is 19.3 Å². The van der Waals surface area contributed by atoms with Gasteiger partial charge in [0.1, 0.15) is 0 Å². The van der Waals surface area contributed by atoms with Crippen molar-refractivity contribution < 1.29 is 24.6 Å². The second-order valence-electron chi connectivity index (χ2n) is 3.22. The molecule has 0 aromatic carbocycles. The third-order valence-electron chi connectivity index (χ3n) is 2.20. The molecule has 1 aliphatic rings. The van der Waals surface area contributed by atoms with Gasteiger partial charge in [-0.05, 0) is 12.8 Å². The van der Waals surface area contributed by atoms with Gasteiger partial charge in [-0.25, -0.2) is 0 Å². The lowest BCUT2D eigenvalue weighted by Crippen LogP contribution is -2.49. The monoisotopic (exact) mass is 201 g/mol. The molecule has 1 fully saturated rings. The van der Waals surface area contributed by atoms with Gasteiger partial charge in [-0.2, -0.15) is 0 Å². The summed E-state index contributed by atoms with van der Waals surface area (Å²) in [5.74, 6) is -4.65. The zero-order valence-electron chi connectivity index (χ0n) is 7.40. The minimum absolute atomic E-state index is 0.284. The van der Waals surface area contributed by atoms with E-state index in [-0.39, 0.29) is 5.91 Å². The molecular formula is C8H11NO5. The van der Waals surface area contributed by atoms with Crippen LogP contribution in [0.2, 0.25) is 0 Å². The summed E-state index contributed by atoms with van der Waals surface area (Å²) in [7, 11) is 0. The maximum atomic E-state index is 10.9. The Morgan fingerprint density at radius 1 is 1.36 bits per heavy atom. The first-order valence-electron chi connectivity index (χ1n) is 4.27. The second-order valence-corrected chi connectivity index (χ2v) is 3.22. The zero-order valence-corrected chi connectivity index (χ0v) is 7.40. The van der Waals surface area contributed by atoms with Gasteiger partial charge in [0.2, 0.25) is 5.91 Å². The molecule has 1 heterocycles. The number of carbonyl (C=O) groups excluding carboxylic acids is 1. The van der Waals surface area contributed by atoms with Crippen LogP contribution in [0.3, 0.4) is 0 Å². The standard InChI is InChI=1S/C8H11NO5/c10-5-3-1-2-4(9-5)6(7(11)12)8(13)14/h4,6H,1-3H2,(H,9,10)(H,11,12)(H,13,14)/t4-/m0/s1. The highest BCUT2D eigenvalue weighted by molar-refractivity contribution is 5.94. The largest absolute Gasteiger partial charge is 0.481 e. The fraction of sp³-hybridized carbons (Fsp3) is 0.625. The number of carbonyl (C=O) groups is 3. The number of aliphatic carboxylic acids is 2. The van der Waals surface area contributed by atoms with E-state index in [1.54, 1.807) is 0 Å². The van der Waals surface area contributed by atoms with Gasteiger partial charge in [0.05, 0.1) is 6.04 Å². The molecule has 0 unspecified atom stereocenters. The summed E-state index contributed by atoms with van der Waals surface area (Å²) in [6.07, 6.45) is 1.27. The number of amides is 1. The van der Waals surface area contributed by atoms with E-state index in [0.717, 1.165) is 0 Å². The number of nitrogens with one attached hydrogen (secondary N) is 1. The maximum absolute atomic E-state index is 10.9. The molecule has 1 amide bonds. The van der Waals surface area contributed by atoms with Crippen molar-refractivity contribution in [1.82, 2.24) is 5.32 Å². The van der Waals surface area contributed by atoms with Crippen molar-refractivity contribution in [2.45, 2.75) is 25.3 Å². The van der Waals surface area contributed by atoms with E-state index >= 15 is 0 Å². The van der Waals surface area contributed by atoms with Gasteiger partial charge in [-0.1, -0.05) is 0 Å². The quantitative estimate of drug-likeness (QED) is 0.531. The van der Waals surface area contributed by atoms with Crippen LogP contribution in [0, 0.1) is 5.92 Å². The number of hydrogen-bond donors (Lipinski definition) is 3. The first kappa shape index (κ1) is 10.5. The summed E-state index contributed by atoms with van der Waals surface area (Å²) in [4.78, 5) is 32.2. The summed E-state index contributed by atoms with van der Waals surface area (Å²) in [6, 6.07) is -0.786. The average Bonchev–Trinajstić information content (AvgIpc) is 2.02. The predicted molar refractivity (Wildman–Crippen MR) is 44.5 cm³/mol. The van der Waals surface area contributed by atoms with Crippen molar-refractivity contribution in [2.75, 3.05) is 0 Å². The highest BCUT2D eigenvalue weighted by atomic mass is 16.4. The molecule has 0 bridgehead atoms. The van der Waals surface area contributed by atoms with Crippen LogP contribution >= 0.6 is 0 Å². The average molecular weight is 201 g/mol. The van der Waals surface area contributed by atoms with E-state index in [4.69, 9.17) is 10.2 Å². The van der Waals surface area contributed by atoms with E-state index in [1.165, 1.54) is 0 Å². The number of carboxylic acid groups (broad SMARTS) is 2. The first-order chi connectivity index (χ1) is 6.52. The van der Waals surface area contributed by atoms with Crippen LogP contribution in [0.25, 0.3) is 0 Å². The van der Waals surface area contributed by atoms with Crippen LogP contribution in [-0.4, -0.2) is 34.1 Å². The van der Waals surface area contributed by atoms with E-state index in [1.807, 2.05) is 0 Å². The van der Waals surface area contributed by atoms with Crippen molar-refractivity contribution in [3.8, 4) is 0 Å². The Kier molecular flexibility index (Phi) is 3.06. The van der Waals surface area contributed by atoms with E-state index < -0.39 is 23.9 Å². The van der Waals surface area contributed by atoms with Crippen LogP contribution in [-0.2, 0) is 14.4 Å². The van der Waals surface area contributed by atoms with Gasteiger partial charge in [0, 0.05) is 6.42 Å². The van der Waals surface area contributed by atoms with Crippen molar-refractivity contribution in [3.63, 3.8) is 0 Å². The van der Waals surface area contributed by atoms with E-state index in [0.29, 0.717) is 19.3 Å². The first-order valence-corrected chi connectivity index (χ1v) is 4.27. The van der Waals surface area contributed by atoms with Gasteiger partial charge in [-0.3, -0.25) is 14.4 Å². The molecule has 1 atom stereocenters. The van der Waals surface area contributed by atoms with Crippen molar-refractivity contribution >= 4 is 17.8 Å². The molecular weight excluding hydrogens is 190 g/mol. The van der Waals surface area contributed by atoms with Crippen LogP contribution in [0.4, 0.5) is 0 Å². The summed E-state index contributed by atoms with van der Waals surface area (Å²) >= 11 is 0. The Labute approximate surface area is 79.9 Å². The Hall–Kier alpha value is -1.59. The van der Waals surface area contributed by atoms with E-state index in [9.17, 15) is 14.4 Å². The van der Waals surface area contributed by atoms with Crippen LogP contribution in [0.15, 0.2) is 0 Å². The summed E-state index contributed by atoms with van der Waals surface area (Å²) < 4.78 is 0. The Morgan fingerprint density at radius 2 is 1.93 bits per heavy atom. The Morgan fingerprint density at radius 3 is 2.36 bits per heavy atom. The molecule has 78 valence electrons. The normalized spacial score (nSPS) is 21.8. The molecule has 0 aromatic rings. The van der Waals surface area contributed by atoms with Crippen LogP contribution in [0.5, 0.6) is 0 Å². The van der Waals surface area contributed by atoms with Gasteiger partial charge < -0.3 is 15.5 Å². The van der Waals surface area contributed by atoms with Gasteiger partial charge in [0.25, 0.3) is 0 Å². The number of hydrogen-bond acceptors (Lipinski definition) is 3. The molecule has 1 rings (SSSR count). The van der Waals surface area contributed by atoms with Crippen molar-refractivity contribution in [2.24, 2.45) is 5.92 Å². The lowest BCUT2D eigenvalue weighted by Gasteiger charge is -2.25. The van der Waals surface area contributed by atoms with Gasteiger partial charge in [0.15, 0.2) is 5.92 Å². The molecule has 14 heavy (non-hydrogen) atoms. The minimum atomic E-state index is -1.54. The molecule has 1 saturated heterocycles. The zero-order chi connectivity index (χ0) is 10.7. The fourth-order valence-corrected chi connectivity index (χ4v) is 1.53. The van der Waals surface area contributed by atoms with E-state index in [2.05, 4.69) is 5.32 Å². The molecule has 0 aromatic heterocycles. The lowest BCUT2D eigenvalue weighted by atomic mass is 9.92. The SMILES string of the molecule is O=C1CCC[C@@H](C(C(=O)O)C(=O)O)N1. The smallest absolute Gasteiger partial charge is 0.320 e. The molecule has 0 aliphatic carbocycles. The summed E-state index contributed by atoms with van der Waals surface area (Å²) in [5, 5.41) is 19.7. The molecule has 6 nitrogen and oxygen atoms in total. The van der Waals surface area contributed by atoms with Crippen LogP contribution < -0.4 is 5.32 Å². The summed E-state index contributed by atoms with van der Waals surface area (Å²) in [6.45, 7) is 0. The number of piperidine rings is 1. The van der Waals surface area contributed by atoms with Gasteiger partial charge >= 0.3 is 11.9 Å².